The van der Waals surface area contributed by atoms with Crippen LogP contribution >= 0.6 is 0 Å². The van der Waals surface area contributed by atoms with Gasteiger partial charge in [-0.25, -0.2) is 0 Å². The van der Waals surface area contributed by atoms with E-state index in [2.05, 4.69) is 19.2 Å². The minimum Gasteiger partial charge on any atom is -0.486 e. The molecule has 170 valence electrons. The summed E-state index contributed by atoms with van der Waals surface area (Å²) in [7, 11) is 0. The first-order valence-electron chi connectivity index (χ1n) is 11.2. The average molecular weight is 439 g/mol. The van der Waals surface area contributed by atoms with Gasteiger partial charge in [-0.3, -0.25) is 9.59 Å². The van der Waals surface area contributed by atoms with Gasteiger partial charge in [0.2, 0.25) is 0 Å². The number of amides is 2. The molecule has 2 aliphatic heterocycles. The second-order valence-corrected chi connectivity index (χ2v) is 8.45. The number of nitrogens with zero attached hydrogens (tertiary/aromatic N) is 1. The Bertz CT molecular complexity index is 936. The quantitative estimate of drug-likeness (QED) is 0.748. The number of ether oxygens (including phenoxy) is 3. The van der Waals surface area contributed by atoms with E-state index in [-0.39, 0.29) is 36.6 Å². The van der Waals surface area contributed by atoms with Gasteiger partial charge >= 0.3 is 0 Å². The van der Waals surface area contributed by atoms with E-state index in [0.717, 1.165) is 19.3 Å². The Morgan fingerprint density at radius 2 is 1.72 bits per heavy atom. The molecule has 7 nitrogen and oxygen atoms in total. The summed E-state index contributed by atoms with van der Waals surface area (Å²) in [5.74, 6) is 1.76. The SMILES string of the molecule is C[C@@H]1CCC[C@@H](C)N1C(=O)COc1ccc(C(=O)NC[C@@H]2COc3ccccc3O2)cc1. The first-order valence-corrected chi connectivity index (χ1v) is 11.2. The van der Waals surface area contributed by atoms with Crippen molar-refractivity contribution < 1.29 is 23.8 Å². The van der Waals surface area contributed by atoms with Gasteiger partial charge in [-0.15, -0.1) is 0 Å². The molecule has 7 heteroatoms. The number of piperidine rings is 1. The predicted octanol–water partition coefficient (Wildman–Crippen LogP) is 3.42. The van der Waals surface area contributed by atoms with Gasteiger partial charge in [0.05, 0.1) is 6.54 Å². The van der Waals surface area contributed by atoms with Crippen LogP contribution in [0.25, 0.3) is 0 Å². The summed E-state index contributed by atoms with van der Waals surface area (Å²) >= 11 is 0. The number of hydrogen-bond acceptors (Lipinski definition) is 5. The van der Waals surface area contributed by atoms with E-state index in [9.17, 15) is 9.59 Å². The van der Waals surface area contributed by atoms with Gasteiger partial charge in [-0.2, -0.15) is 0 Å². The molecule has 3 atom stereocenters. The second kappa shape index (κ2) is 9.94. The lowest BCUT2D eigenvalue weighted by atomic mass is 9.97. The van der Waals surface area contributed by atoms with Crippen molar-refractivity contribution >= 4 is 11.8 Å². The van der Waals surface area contributed by atoms with Crippen LogP contribution in [0.15, 0.2) is 48.5 Å². The van der Waals surface area contributed by atoms with Gasteiger partial charge in [-0.1, -0.05) is 12.1 Å². The van der Waals surface area contributed by atoms with Gasteiger partial charge in [0.1, 0.15) is 18.5 Å². The maximum Gasteiger partial charge on any atom is 0.260 e. The Morgan fingerprint density at radius 1 is 1.03 bits per heavy atom. The molecule has 2 aromatic rings. The van der Waals surface area contributed by atoms with Crippen LogP contribution < -0.4 is 19.5 Å². The molecule has 0 aliphatic carbocycles. The fourth-order valence-electron chi connectivity index (χ4n) is 4.31. The van der Waals surface area contributed by atoms with Crippen molar-refractivity contribution in [1.82, 2.24) is 10.2 Å². The fraction of sp³-hybridized carbons (Fsp3) is 0.440. The summed E-state index contributed by atoms with van der Waals surface area (Å²) < 4.78 is 17.2. The van der Waals surface area contributed by atoms with E-state index in [0.29, 0.717) is 36.0 Å². The molecule has 1 fully saturated rings. The molecule has 2 aliphatic rings. The van der Waals surface area contributed by atoms with Gasteiger partial charge in [0.25, 0.3) is 11.8 Å². The van der Waals surface area contributed by atoms with E-state index in [4.69, 9.17) is 14.2 Å². The second-order valence-electron chi connectivity index (χ2n) is 8.45. The third-order valence-electron chi connectivity index (χ3n) is 6.02. The van der Waals surface area contributed by atoms with Crippen molar-refractivity contribution in [1.29, 1.82) is 0 Å². The van der Waals surface area contributed by atoms with Crippen molar-refractivity contribution in [2.24, 2.45) is 0 Å². The molecule has 1 saturated heterocycles. The summed E-state index contributed by atoms with van der Waals surface area (Å²) in [5, 5.41) is 2.88. The molecule has 32 heavy (non-hydrogen) atoms. The van der Waals surface area contributed by atoms with E-state index >= 15 is 0 Å². The lowest BCUT2D eigenvalue weighted by molar-refractivity contribution is -0.139. The number of para-hydroxylation sites is 2. The van der Waals surface area contributed by atoms with Crippen LogP contribution in [0.1, 0.15) is 43.5 Å². The summed E-state index contributed by atoms with van der Waals surface area (Å²) in [6.07, 6.45) is 2.97. The molecule has 0 saturated carbocycles. The summed E-state index contributed by atoms with van der Waals surface area (Å²) in [4.78, 5) is 27.0. The van der Waals surface area contributed by atoms with Crippen molar-refractivity contribution in [2.45, 2.75) is 51.3 Å². The number of fused-ring (bicyclic) bond motifs is 1. The molecule has 2 aromatic carbocycles. The Kier molecular flexibility index (Phi) is 6.83. The van der Waals surface area contributed by atoms with Crippen molar-refractivity contribution in [3.8, 4) is 17.2 Å². The molecule has 2 heterocycles. The standard InChI is InChI=1S/C25H30N2O5/c1-17-6-5-7-18(2)27(17)24(28)16-30-20-12-10-19(11-13-20)25(29)26-14-21-15-31-22-8-3-4-9-23(22)32-21/h3-4,8-13,17-18,21H,5-7,14-16H2,1-2H3,(H,26,29)/t17-,18-,21-/m1/s1. The van der Waals surface area contributed by atoms with Crippen LogP contribution in [0.4, 0.5) is 0 Å². The number of benzene rings is 2. The molecule has 1 N–H and O–H groups in total. The molecule has 0 aromatic heterocycles. The first kappa shape index (κ1) is 22.0. The smallest absolute Gasteiger partial charge is 0.260 e. The van der Waals surface area contributed by atoms with E-state index in [1.807, 2.05) is 29.2 Å². The maximum absolute atomic E-state index is 12.6. The molecule has 0 unspecified atom stereocenters. The highest BCUT2D eigenvalue weighted by molar-refractivity contribution is 5.94. The first-order chi connectivity index (χ1) is 15.5. The molecule has 0 bridgehead atoms. The van der Waals surface area contributed by atoms with Gasteiger partial charge in [0.15, 0.2) is 18.1 Å². The van der Waals surface area contributed by atoms with E-state index < -0.39 is 0 Å². The lowest BCUT2D eigenvalue weighted by Gasteiger charge is -2.38. The largest absolute Gasteiger partial charge is 0.486 e. The fourth-order valence-corrected chi connectivity index (χ4v) is 4.31. The van der Waals surface area contributed by atoms with Crippen LogP contribution in [0.3, 0.4) is 0 Å². The number of rotatable bonds is 6. The molecular weight excluding hydrogens is 408 g/mol. The number of carbonyl (C=O) groups excluding carboxylic acids is 2. The Morgan fingerprint density at radius 3 is 2.44 bits per heavy atom. The average Bonchev–Trinajstić information content (AvgIpc) is 2.81. The summed E-state index contributed by atoms with van der Waals surface area (Å²) in [6.45, 7) is 4.90. The highest BCUT2D eigenvalue weighted by Crippen LogP contribution is 2.30. The van der Waals surface area contributed by atoms with E-state index in [1.54, 1.807) is 24.3 Å². The highest BCUT2D eigenvalue weighted by Gasteiger charge is 2.29. The zero-order chi connectivity index (χ0) is 22.5. The molecule has 0 spiro atoms. The molecule has 0 radical (unpaired) electrons. The molecular formula is C25H30N2O5. The zero-order valence-electron chi connectivity index (χ0n) is 18.6. The monoisotopic (exact) mass is 438 g/mol. The summed E-state index contributed by atoms with van der Waals surface area (Å²) in [5.41, 5.74) is 0.513. The van der Waals surface area contributed by atoms with Crippen LogP contribution in [0.2, 0.25) is 0 Å². The maximum atomic E-state index is 12.6. The minimum absolute atomic E-state index is 0.000710. The van der Waals surface area contributed by atoms with Crippen LogP contribution in [0, 0.1) is 0 Å². The number of nitrogens with one attached hydrogen (secondary N) is 1. The number of hydrogen-bond donors (Lipinski definition) is 1. The zero-order valence-corrected chi connectivity index (χ0v) is 18.6. The molecule has 2 amide bonds. The minimum atomic E-state index is -0.248. The van der Waals surface area contributed by atoms with Crippen molar-refractivity contribution in [3.63, 3.8) is 0 Å². The Hall–Kier alpha value is -3.22. The van der Waals surface area contributed by atoms with Crippen LogP contribution in [-0.4, -0.2) is 54.7 Å². The van der Waals surface area contributed by atoms with Crippen molar-refractivity contribution in [2.75, 3.05) is 19.8 Å². The predicted molar refractivity (Wildman–Crippen MR) is 120 cm³/mol. The van der Waals surface area contributed by atoms with Crippen LogP contribution in [0.5, 0.6) is 17.2 Å². The van der Waals surface area contributed by atoms with Crippen molar-refractivity contribution in [3.05, 3.63) is 54.1 Å². The van der Waals surface area contributed by atoms with Gasteiger partial charge < -0.3 is 24.4 Å². The normalized spacial score (nSPS) is 22.2. The third kappa shape index (κ3) is 5.15. The Labute approximate surface area is 188 Å². The topological polar surface area (TPSA) is 77.1 Å². The molecule has 4 rings (SSSR count). The lowest BCUT2D eigenvalue weighted by Crippen LogP contribution is -2.49. The van der Waals surface area contributed by atoms with Crippen LogP contribution in [-0.2, 0) is 4.79 Å². The highest BCUT2D eigenvalue weighted by atomic mass is 16.6. The third-order valence-corrected chi connectivity index (χ3v) is 6.02. The van der Waals surface area contributed by atoms with E-state index in [1.165, 1.54) is 0 Å². The Balaban J connectivity index is 1.24. The summed E-state index contributed by atoms with van der Waals surface area (Å²) in [6, 6.07) is 14.8. The van der Waals surface area contributed by atoms with Gasteiger partial charge in [-0.05, 0) is 69.5 Å². The van der Waals surface area contributed by atoms with Gasteiger partial charge in [0, 0.05) is 17.6 Å². The number of likely N-dealkylation sites (tertiary alicyclic amines) is 1. The number of carbonyl (C=O) groups is 2.